The fraction of sp³-hybridized carbons (Fsp3) is 0.273. The zero-order valence-corrected chi connectivity index (χ0v) is 10.3. The van der Waals surface area contributed by atoms with Crippen LogP contribution in [0.1, 0.15) is 24.4 Å². The first-order chi connectivity index (χ1) is 8.06. The SMILES string of the molecule is Cc1ccc(Cl)cc1Nc1nnc(C(C)N)o1. The van der Waals surface area contributed by atoms with Crippen molar-refractivity contribution in [3.05, 3.63) is 34.7 Å². The van der Waals surface area contributed by atoms with E-state index in [0.29, 0.717) is 16.9 Å². The van der Waals surface area contributed by atoms with E-state index in [1.807, 2.05) is 19.1 Å². The van der Waals surface area contributed by atoms with E-state index in [0.717, 1.165) is 11.3 Å². The van der Waals surface area contributed by atoms with Crippen molar-refractivity contribution in [1.29, 1.82) is 0 Å². The van der Waals surface area contributed by atoms with Crippen LogP contribution in [0.5, 0.6) is 0 Å². The van der Waals surface area contributed by atoms with E-state index in [4.69, 9.17) is 21.8 Å². The lowest BCUT2D eigenvalue weighted by molar-refractivity contribution is 0.475. The molecule has 0 saturated carbocycles. The standard InChI is InChI=1S/C11H13ClN4O/c1-6-3-4-8(12)5-9(6)14-11-16-15-10(17-11)7(2)13/h3-5,7H,13H2,1-2H3,(H,14,16). The molecule has 1 aromatic carbocycles. The van der Waals surface area contributed by atoms with Crippen LogP contribution in [0.3, 0.4) is 0 Å². The Labute approximate surface area is 104 Å². The van der Waals surface area contributed by atoms with E-state index >= 15 is 0 Å². The number of aryl methyl sites for hydroxylation is 1. The summed E-state index contributed by atoms with van der Waals surface area (Å²) >= 11 is 5.91. The third-order valence-corrected chi connectivity index (χ3v) is 2.51. The molecule has 1 unspecified atom stereocenters. The fourth-order valence-electron chi connectivity index (χ4n) is 1.31. The van der Waals surface area contributed by atoms with Gasteiger partial charge in [0.1, 0.15) is 0 Å². The number of nitrogens with two attached hydrogens (primary N) is 1. The molecule has 0 radical (unpaired) electrons. The summed E-state index contributed by atoms with van der Waals surface area (Å²) in [7, 11) is 0. The molecule has 6 heteroatoms. The third kappa shape index (κ3) is 2.75. The third-order valence-electron chi connectivity index (χ3n) is 2.27. The molecule has 90 valence electrons. The minimum Gasteiger partial charge on any atom is -0.406 e. The Morgan fingerprint density at radius 2 is 2.18 bits per heavy atom. The van der Waals surface area contributed by atoms with E-state index < -0.39 is 0 Å². The summed E-state index contributed by atoms with van der Waals surface area (Å²) in [6, 6.07) is 5.56. The van der Waals surface area contributed by atoms with E-state index in [-0.39, 0.29) is 6.04 Å². The van der Waals surface area contributed by atoms with Gasteiger partial charge in [0.15, 0.2) is 0 Å². The lowest BCUT2D eigenvalue weighted by Crippen LogP contribution is -2.04. The lowest BCUT2D eigenvalue weighted by atomic mass is 10.2. The van der Waals surface area contributed by atoms with Crippen LogP contribution in [-0.4, -0.2) is 10.2 Å². The van der Waals surface area contributed by atoms with Crippen LogP contribution in [0.15, 0.2) is 22.6 Å². The highest BCUT2D eigenvalue weighted by Crippen LogP contribution is 2.24. The van der Waals surface area contributed by atoms with Crippen LogP contribution in [0.4, 0.5) is 11.7 Å². The zero-order chi connectivity index (χ0) is 12.4. The molecule has 3 N–H and O–H groups in total. The summed E-state index contributed by atoms with van der Waals surface area (Å²) in [5.41, 5.74) is 7.50. The largest absolute Gasteiger partial charge is 0.406 e. The molecule has 1 aromatic heterocycles. The minimum atomic E-state index is -0.279. The quantitative estimate of drug-likeness (QED) is 0.878. The van der Waals surface area contributed by atoms with E-state index in [1.165, 1.54) is 0 Å². The average molecular weight is 253 g/mol. The number of nitrogens with zero attached hydrogens (tertiary/aromatic N) is 2. The Morgan fingerprint density at radius 1 is 1.41 bits per heavy atom. The van der Waals surface area contributed by atoms with Gasteiger partial charge in [0.25, 0.3) is 0 Å². The van der Waals surface area contributed by atoms with Gasteiger partial charge in [0, 0.05) is 10.7 Å². The topological polar surface area (TPSA) is 77.0 Å². The number of aromatic nitrogens is 2. The Balaban J connectivity index is 2.22. The number of halogens is 1. The van der Waals surface area contributed by atoms with Crippen molar-refractivity contribution < 1.29 is 4.42 Å². The number of hydrogen-bond donors (Lipinski definition) is 2. The van der Waals surface area contributed by atoms with Crippen LogP contribution >= 0.6 is 11.6 Å². The number of hydrogen-bond acceptors (Lipinski definition) is 5. The first-order valence-corrected chi connectivity index (χ1v) is 5.56. The molecule has 0 saturated heterocycles. The summed E-state index contributed by atoms with van der Waals surface area (Å²) in [4.78, 5) is 0. The summed E-state index contributed by atoms with van der Waals surface area (Å²) in [6.45, 7) is 3.74. The summed E-state index contributed by atoms with van der Waals surface area (Å²) in [5, 5.41) is 11.3. The Morgan fingerprint density at radius 3 is 2.82 bits per heavy atom. The summed E-state index contributed by atoms with van der Waals surface area (Å²) < 4.78 is 5.34. The molecular formula is C11H13ClN4O. The predicted molar refractivity (Wildman–Crippen MR) is 66.4 cm³/mol. The monoisotopic (exact) mass is 252 g/mol. The molecule has 2 rings (SSSR count). The second-order valence-electron chi connectivity index (χ2n) is 3.82. The van der Waals surface area contributed by atoms with Gasteiger partial charge < -0.3 is 15.5 Å². The number of rotatable bonds is 3. The maximum absolute atomic E-state index is 5.91. The number of benzene rings is 1. The van der Waals surface area contributed by atoms with Crippen molar-refractivity contribution in [2.24, 2.45) is 5.73 Å². The highest BCUT2D eigenvalue weighted by Gasteiger charge is 2.10. The van der Waals surface area contributed by atoms with Crippen LogP contribution in [0.2, 0.25) is 5.02 Å². The van der Waals surface area contributed by atoms with Gasteiger partial charge in [0.2, 0.25) is 5.89 Å². The van der Waals surface area contributed by atoms with Crippen molar-refractivity contribution in [2.45, 2.75) is 19.9 Å². The summed E-state index contributed by atoms with van der Waals surface area (Å²) in [6.07, 6.45) is 0. The lowest BCUT2D eigenvalue weighted by Gasteiger charge is -2.05. The molecule has 0 spiro atoms. The smallest absolute Gasteiger partial charge is 0.320 e. The molecule has 0 bridgehead atoms. The van der Waals surface area contributed by atoms with Gasteiger partial charge in [-0.3, -0.25) is 0 Å². The number of nitrogens with one attached hydrogen (secondary N) is 1. The van der Waals surface area contributed by atoms with Crippen molar-refractivity contribution in [3.63, 3.8) is 0 Å². The van der Waals surface area contributed by atoms with Crippen molar-refractivity contribution in [3.8, 4) is 0 Å². The molecule has 0 fully saturated rings. The maximum atomic E-state index is 5.91. The van der Waals surface area contributed by atoms with Crippen molar-refractivity contribution in [2.75, 3.05) is 5.32 Å². The Kier molecular flexibility index (Phi) is 3.31. The van der Waals surface area contributed by atoms with E-state index in [1.54, 1.807) is 13.0 Å². The van der Waals surface area contributed by atoms with Gasteiger partial charge in [-0.25, -0.2) is 0 Å². The highest BCUT2D eigenvalue weighted by molar-refractivity contribution is 6.30. The van der Waals surface area contributed by atoms with Gasteiger partial charge in [-0.05, 0) is 31.5 Å². The molecule has 5 nitrogen and oxygen atoms in total. The second kappa shape index (κ2) is 4.73. The van der Waals surface area contributed by atoms with Gasteiger partial charge in [-0.2, -0.15) is 0 Å². The van der Waals surface area contributed by atoms with Gasteiger partial charge in [-0.1, -0.05) is 22.8 Å². The highest BCUT2D eigenvalue weighted by atomic mass is 35.5. The normalized spacial score (nSPS) is 12.5. The average Bonchev–Trinajstić information content (AvgIpc) is 2.72. The van der Waals surface area contributed by atoms with Crippen LogP contribution in [0, 0.1) is 6.92 Å². The second-order valence-corrected chi connectivity index (χ2v) is 4.25. The first kappa shape index (κ1) is 11.9. The van der Waals surface area contributed by atoms with Gasteiger partial charge in [-0.15, -0.1) is 5.10 Å². The van der Waals surface area contributed by atoms with E-state index in [2.05, 4.69) is 15.5 Å². The zero-order valence-electron chi connectivity index (χ0n) is 9.57. The predicted octanol–water partition coefficient (Wildman–Crippen LogP) is 2.79. The first-order valence-electron chi connectivity index (χ1n) is 5.18. The van der Waals surface area contributed by atoms with Crippen molar-refractivity contribution in [1.82, 2.24) is 10.2 Å². The molecule has 2 aromatic rings. The molecule has 0 amide bonds. The summed E-state index contributed by atoms with van der Waals surface area (Å²) in [5.74, 6) is 0.396. The molecule has 1 heterocycles. The van der Waals surface area contributed by atoms with Crippen molar-refractivity contribution >= 4 is 23.3 Å². The molecule has 0 aliphatic carbocycles. The molecule has 0 aliphatic rings. The minimum absolute atomic E-state index is 0.279. The van der Waals surface area contributed by atoms with Gasteiger partial charge in [0.05, 0.1) is 6.04 Å². The number of anilines is 2. The fourth-order valence-corrected chi connectivity index (χ4v) is 1.49. The Hall–Kier alpha value is -1.59. The molecular weight excluding hydrogens is 240 g/mol. The van der Waals surface area contributed by atoms with Crippen LogP contribution < -0.4 is 11.1 Å². The van der Waals surface area contributed by atoms with Gasteiger partial charge >= 0.3 is 6.01 Å². The molecule has 0 aliphatic heterocycles. The molecule has 1 atom stereocenters. The van der Waals surface area contributed by atoms with Crippen LogP contribution in [-0.2, 0) is 0 Å². The molecule has 17 heavy (non-hydrogen) atoms. The van der Waals surface area contributed by atoms with E-state index in [9.17, 15) is 0 Å². The Bertz CT molecular complexity index is 524. The maximum Gasteiger partial charge on any atom is 0.320 e. The van der Waals surface area contributed by atoms with Crippen LogP contribution in [0.25, 0.3) is 0 Å².